The van der Waals surface area contributed by atoms with Gasteiger partial charge in [-0.2, -0.15) is 8.78 Å². The Morgan fingerprint density at radius 2 is 1.71 bits per heavy atom. The Morgan fingerprint density at radius 3 is 2.32 bits per heavy atom. The number of aromatic hydroxyl groups is 1. The van der Waals surface area contributed by atoms with E-state index in [1.165, 1.54) is 36.4 Å². The fourth-order valence-corrected chi connectivity index (χ4v) is 4.01. The average Bonchev–Trinajstić information content (AvgIpc) is 3.13. The van der Waals surface area contributed by atoms with Gasteiger partial charge in [-0.3, -0.25) is 24.6 Å². The van der Waals surface area contributed by atoms with Crippen LogP contribution in [-0.4, -0.2) is 44.5 Å². The lowest BCUT2D eigenvalue weighted by Gasteiger charge is -2.25. The second-order valence-electron chi connectivity index (χ2n) is 7.93. The summed E-state index contributed by atoms with van der Waals surface area (Å²) in [4.78, 5) is 49.2. The van der Waals surface area contributed by atoms with Crippen molar-refractivity contribution in [3.8, 4) is 11.5 Å². The number of anilines is 1. The van der Waals surface area contributed by atoms with Gasteiger partial charge in [-0.05, 0) is 48.0 Å². The van der Waals surface area contributed by atoms with Gasteiger partial charge in [-0.1, -0.05) is 12.1 Å². The van der Waals surface area contributed by atoms with Crippen molar-refractivity contribution in [1.29, 1.82) is 0 Å². The number of hydrogen-bond donors (Lipinski definition) is 3. The molecule has 1 aliphatic rings. The molecule has 0 saturated carbocycles. The van der Waals surface area contributed by atoms with Crippen LogP contribution in [0.1, 0.15) is 27.5 Å². The van der Waals surface area contributed by atoms with Gasteiger partial charge < -0.3 is 20.1 Å². The number of nitro benzene ring substituents is 1. The van der Waals surface area contributed by atoms with Crippen LogP contribution in [0.4, 0.5) is 20.2 Å². The van der Waals surface area contributed by atoms with E-state index in [0.29, 0.717) is 0 Å². The topological polar surface area (TPSA) is 168 Å². The maximum absolute atomic E-state index is 13.2. The van der Waals surface area contributed by atoms with Gasteiger partial charge in [-0.15, -0.1) is 0 Å². The van der Waals surface area contributed by atoms with E-state index in [1.54, 1.807) is 0 Å². The first-order chi connectivity index (χ1) is 18.0. The Labute approximate surface area is 211 Å². The SMILES string of the molecule is O=C1C(=O)N(c2ccc(O)c(C(=O)O)c2)C(c2ccc([N+](=O)[O-])cc2)/C1=C(/O)c1cccc(OC(F)F)c1. The van der Waals surface area contributed by atoms with Crippen molar-refractivity contribution in [2.75, 3.05) is 4.90 Å². The lowest BCUT2D eigenvalue weighted by Crippen LogP contribution is -2.29. The molecular formula is C25H16F2N2O9. The van der Waals surface area contributed by atoms with Crippen LogP contribution in [0, 0.1) is 10.1 Å². The smallest absolute Gasteiger partial charge is 0.387 e. The number of Topliss-reactive ketones (excluding diaryl/α,β-unsaturated/α-hetero) is 1. The molecule has 1 amide bonds. The van der Waals surface area contributed by atoms with Gasteiger partial charge in [-0.25, -0.2) is 4.79 Å². The van der Waals surface area contributed by atoms with Crippen LogP contribution in [0.5, 0.6) is 11.5 Å². The quantitative estimate of drug-likeness (QED) is 0.134. The summed E-state index contributed by atoms with van der Waals surface area (Å²) in [6.45, 7) is -3.17. The molecule has 1 atom stereocenters. The Hall–Kier alpha value is -5.33. The number of amides is 1. The number of aliphatic hydroxyl groups is 1. The minimum absolute atomic E-state index is 0.126. The number of carbonyl (C=O) groups excluding carboxylic acids is 2. The van der Waals surface area contributed by atoms with Crippen molar-refractivity contribution < 1.29 is 48.1 Å². The lowest BCUT2D eigenvalue weighted by atomic mass is 9.94. The summed E-state index contributed by atoms with van der Waals surface area (Å²) in [7, 11) is 0. The number of alkyl halides is 2. The summed E-state index contributed by atoms with van der Waals surface area (Å²) in [5.41, 5.74) is -1.54. The number of carbonyl (C=O) groups is 3. The molecule has 0 aromatic heterocycles. The highest BCUT2D eigenvalue weighted by Gasteiger charge is 2.47. The van der Waals surface area contributed by atoms with Crippen LogP contribution in [0.2, 0.25) is 0 Å². The lowest BCUT2D eigenvalue weighted by molar-refractivity contribution is -0.384. The third kappa shape index (κ3) is 4.72. The number of hydrogen-bond acceptors (Lipinski definition) is 8. The van der Waals surface area contributed by atoms with E-state index in [-0.39, 0.29) is 28.3 Å². The van der Waals surface area contributed by atoms with E-state index in [0.717, 1.165) is 35.2 Å². The van der Waals surface area contributed by atoms with Gasteiger partial charge in [0.2, 0.25) is 0 Å². The van der Waals surface area contributed by atoms with Crippen LogP contribution in [-0.2, 0) is 9.59 Å². The maximum Gasteiger partial charge on any atom is 0.387 e. The zero-order chi connectivity index (χ0) is 27.7. The number of rotatable bonds is 7. The molecule has 0 aliphatic carbocycles. The molecule has 13 heteroatoms. The molecular weight excluding hydrogens is 510 g/mol. The van der Waals surface area contributed by atoms with E-state index in [4.69, 9.17) is 0 Å². The number of non-ortho nitro benzene ring substituents is 1. The van der Waals surface area contributed by atoms with Crippen molar-refractivity contribution >= 4 is 34.8 Å². The maximum atomic E-state index is 13.2. The molecule has 0 radical (unpaired) electrons. The van der Waals surface area contributed by atoms with Crippen molar-refractivity contribution in [3.63, 3.8) is 0 Å². The zero-order valence-electron chi connectivity index (χ0n) is 18.9. The number of carboxylic acids is 1. The highest BCUT2D eigenvalue weighted by atomic mass is 19.3. The number of aromatic carboxylic acids is 1. The van der Waals surface area contributed by atoms with Crippen LogP contribution in [0.25, 0.3) is 5.76 Å². The first-order valence-electron chi connectivity index (χ1n) is 10.7. The van der Waals surface area contributed by atoms with Crippen LogP contribution >= 0.6 is 0 Å². The highest BCUT2D eigenvalue weighted by molar-refractivity contribution is 6.51. The van der Waals surface area contributed by atoms with Crippen molar-refractivity contribution in [1.82, 2.24) is 0 Å². The summed E-state index contributed by atoms with van der Waals surface area (Å²) in [6, 6.07) is 11.1. The normalized spacial score (nSPS) is 16.6. The molecule has 3 aromatic rings. The summed E-state index contributed by atoms with van der Waals surface area (Å²) < 4.78 is 29.7. The minimum atomic E-state index is -3.17. The first kappa shape index (κ1) is 25.8. The first-order valence-corrected chi connectivity index (χ1v) is 10.7. The van der Waals surface area contributed by atoms with E-state index >= 15 is 0 Å². The van der Waals surface area contributed by atoms with E-state index < -0.39 is 57.9 Å². The molecule has 38 heavy (non-hydrogen) atoms. The molecule has 1 saturated heterocycles. The van der Waals surface area contributed by atoms with Gasteiger partial charge in [0.25, 0.3) is 17.4 Å². The molecule has 11 nitrogen and oxygen atoms in total. The summed E-state index contributed by atoms with van der Waals surface area (Å²) >= 11 is 0. The monoisotopic (exact) mass is 526 g/mol. The predicted molar refractivity (Wildman–Crippen MR) is 126 cm³/mol. The van der Waals surface area contributed by atoms with Crippen molar-refractivity contribution in [2.24, 2.45) is 0 Å². The average molecular weight is 526 g/mol. The van der Waals surface area contributed by atoms with Gasteiger partial charge >= 0.3 is 12.6 Å². The highest BCUT2D eigenvalue weighted by Crippen LogP contribution is 2.43. The molecule has 3 aromatic carbocycles. The van der Waals surface area contributed by atoms with Gasteiger partial charge in [0, 0.05) is 23.4 Å². The van der Waals surface area contributed by atoms with Gasteiger partial charge in [0.1, 0.15) is 22.8 Å². The van der Waals surface area contributed by atoms with E-state index in [2.05, 4.69) is 4.74 Å². The number of nitrogens with zero attached hydrogens (tertiary/aromatic N) is 2. The molecule has 0 spiro atoms. The Balaban J connectivity index is 1.94. The summed E-state index contributed by atoms with van der Waals surface area (Å²) in [5.74, 6) is -5.61. The largest absolute Gasteiger partial charge is 0.507 e. The number of halogens is 2. The number of nitro groups is 1. The third-order valence-electron chi connectivity index (χ3n) is 5.69. The third-order valence-corrected chi connectivity index (χ3v) is 5.69. The fraction of sp³-hybridized carbons (Fsp3) is 0.0800. The number of aliphatic hydroxyl groups excluding tert-OH is 1. The molecule has 1 unspecified atom stereocenters. The van der Waals surface area contributed by atoms with Crippen molar-refractivity contribution in [3.05, 3.63) is 99.1 Å². The Kier molecular flexibility index (Phi) is 6.76. The van der Waals surface area contributed by atoms with E-state index in [1.807, 2.05) is 0 Å². The van der Waals surface area contributed by atoms with E-state index in [9.17, 15) is 48.6 Å². The number of carboxylic acid groups (broad SMARTS) is 1. The number of phenols is 1. The van der Waals surface area contributed by atoms with Crippen LogP contribution in [0.3, 0.4) is 0 Å². The molecule has 1 heterocycles. The van der Waals surface area contributed by atoms with Crippen molar-refractivity contribution in [2.45, 2.75) is 12.7 Å². The Bertz CT molecular complexity index is 1500. The molecule has 1 fully saturated rings. The minimum Gasteiger partial charge on any atom is -0.507 e. The molecule has 3 N–H and O–H groups in total. The van der Waals surface area contributed by atoms with Gasteiger partial charge in [0.15, 0.2) is 0 Å². The van der Waals surface area contributed by atoms with Crippen LogP contribution < -0.4 is 9.64 Å². The predicted octanol–water partition coefficient (Wildman–Crippen LogP) is 4.23. The number of ketones is 1. The number of ether oxygens (including phenoxy) is 1. The number of benzene rings is 3. The molecule has 4 rings (SSSR count). The standard InChI is InChI=1S/C25H16F2N2O9/c26-25(27)38-16-3-1-2-13(10-16)21(31)19-20(12-4-6-14(7-5-12)29(36)37)28(23(33)22(19)32)15-8-9-18(30)17(11-15)24(34)35/h1-11,20,25,30-31H,(H,34,35)/b21-19-. The fourth-order valence-electron chi connectivity index (χ4n) is 4.01. The summed E-state index contributed by atoms with van der Waals surface area (Å²) in [5, 5.41) is 41.5. The zero-order valence-corrected chi connectivity index (χ0v) is 18.9. The van der Waals surface area contributed by atoms with Crippen LogP contribution in [0.15, 0.2) is 72.3 Å². The van der Waals surface area contributed by atoms with Gasteiger partial charge in [0.05, 0.1) is 16.5 Å². The molecule has 194 valence electrons. The second-order valence-corrected chi connectivity index (χ2v) is 7.93. The Morgan fingerprint density at radius 1 is 1.03 bits per heavy atom. The molecule has 1 aliphatic heterocycles. The second kappa shape index (κ2) is 9.97. The molecule has 0 bridgehead atoms. The summed E-state index contributed by atoms with van der Waals surface area (Å²) in [6.07, 6.45) is 0.